The number of fused-ring (bicyclic) bond motifs is 1. The van der Waals surface area contributed by atoms with Gasteiger partial charge < -0.3 is 0 Å². The van der Waals surface area contributed by atoms with Crippen LogP contribution in [0, 0.1) is 0 Å². The quantitative estimate of drug-likeness (QED) is 0.542. The van der Waals surface area contributed by atoms with E-state index in [4.69, 9.17) is 11.6 Å². The van der Waals surface area contributed by atoms with Crippen molar-refractivity contribution in [3.8, 4) is 0 Å². The van der Waals surface area contributed by atoms with Gasteiger partial charge >= 0.3 is 0 Å². The van der Waals surface area contributed by atoms with Gasteiger partial charge in [-0.05, 0) is 30.0 Å². The fourth-order valence-electron chi connectivity index (χ4n) is 2.06. The molecule has 0 saturated heterocycles. The van der Waals surface area contributed by atoms with E-state index in [-0.39, 0.29) is 0 Å². The summed E-state index contributed by atoms with van der Waals surface area (Å²) < 4.78 is 0. The van der Waals surface area contributed by atoms with Crippen molar-refractivity contribution in [3.05, 3.63) is 34.3 Å². The van der Waals surface area contributed by atoms with Gasteiger partial charge in [-0.15, -0.1) is 0 Å². The minimum atomic E-state index is 0.306. The summed E-state index contributed by atoms with van der Waals surface area (Å²) in [4.78, 5) is 13.7. The molecule has 2 rings (SSSR count). The van der Waals surface area contributed by atoms with Crippen LogP contribution in [0.4, 0.5) is 0 Å². The molecule has 0 radical (unpaired) electrons. The molecule has 1 unspecified atom stereocenters. The Balaban J connectivity index is 2.33. The Bertz CT molecular complexity index is 396. The third-order valence-electron chi connectivity index (χ3n) is 2.69. The van der Waals surface area contributed by atoms with E-state index in [0.717, 1.165) is 17.9 Å². The smallest absolute Gasteiger partial charge is 0.211 e. The lowest BCUT2D eigenvalue weighted by atomic mass is 10.0. The predicted octanol–water partition coefficient (Wildman–Crippen LogP) is 2.71. The summed E-state index contributed by atoms with van der Waals surface area (Å²) in [6.07, 6.45) is 3.65. The highest BCUT2D eigenvalue weighted by molar-refractivity contribution is 6.31. The molecule has 0 heterocycles. The average molecular weight is 208 g/mol. The van der Waals surface area contributed by atoms with Gasteiger partial charge in [-0.2, -0.15) is 0 Å². The minimum Gasteiger partial charge on any atom is -0.211 e. The number of nitrogens with zero attached hydrogens (tertiary/aromatic N) is 1. The number of aliphatic imine (C=N–C) groups is 1. The molecule has 0 spiro atoms. The number of hydrogen-bond acceptors (Lipinski definition) is 2. The summed E-state index contributed by atoms with van der Waals surface area (Å²) in [5.41, 5.74) is 2.47. The van der Waals surface area contributed by atoms with E-state index in [0.29, 0.717) is 12.5 Å². The topological polar surface area (TPSA) is 29.4 Å². The van der Waals surface area contributed by atoms with Crippen LogP contribution in [0.5, 0.6) is 0 Å². The highest BCUT2D eigenvalue weighted by Crippen LogP contribution is 2.37. The lowest BCUT2D eigenvalue weighted by molar-refractivity contribution is 0.560. The number of benzene rings is 1. The van der Waals surface area contributed by atoms with Crippen LogP contribution >= 0.6 is 11.6 Å². The second-order valence-electron chi connectivity index (χ2n) is 3.48. The molecular weight excluding hydrogens is 198 g/mol. The van der Waals surface area contributed by atoms with Gasteiger partial charge in [-0.3, -0.25) is 0 Å². The maximum absolute atomic E-state index is 10.0. The van der Waals surface area contributed by atoms with Crippen LogP contribution in [-0.4, -0.2) is 12.6 Å². The van der Waals surface area contributed by atoms with Crippen LogP contribution in [0.15, 0.2) is 23.2 Å². The third-order valence-corrected chi connectivity index (χ3v) is 3.02. The Morgan fingerprint density at radius 2 is 2.43 bits per heavy atom. The Morgan fingerprint density at radius 1 is 1.57 bits per heavy atom. The van der Waals surface area contributed by atoms with Crippen molar-refractivity contribution in [1.29, 1.82) is 0 Å². The number of isocyanates is 1. The maximum atomic E-state index is 10.0. The molecule has 14 heavy (non-hydrogen) atoms. The van der Waals surface area contributed by atoms with Gasteiger partial charge in [-0.25, -0.2) is 9.79 Å². The number of rotatable bonds is 2. The number of halogens is 1. The summed E-state index contributed by atoms with van der Waals surface area (Å²) in [7, 11) is 0. The van der Waals surface area contributed by atoms with Crippen LogP contribution in [0.1, 0.15) is 23.5 Å². The summed E-state index contributed by atoms with van der Waals surface area (Å²) in [6.45, 7) is 0.514. The van der Waals surface area contributed by atoms with Crippen molar-refractivity contribution in [2.24, 2.45) is 4.99 Å². The molecule has 72 valence electrons. The molecule has 1 atom stereocenters. The first kappa shape index (κ1) is 9.45. The highest BCUT2D eigenvalue weighted by Gasteiger charge is 2.24. The zero-order valence-corrected chi connectivity index (χ0v) is 8.42. The maximum Gasteiger partial charge on any atom is 0.234 e. The van der Waals surface area contributed by atoms with Crippen molar-refractivity contribution in [3.63, 3.8) is 0 Å². The first-order chi connectivity index (χ1) is 6.83. The van der Waals surface area contributed by atoms with E-state index in [9.17, 15) is 4.79 Å². The van der Waals surface area contributed by atoms with Gasteiger partial charge in [0.2, 0.25) is 6.08 Å². The standard InChI is InChI=1S/C11H10ClNO/c12-10-3-1-2-8-4-5-9(11(8)10)6-13-7-14/h1-3,9H,4-6H2. The van der Waals surface area contributed by atoms with Crippen LogP contribution in [-0.2, 0) is 11.2 Å². The zero-order chi connectivity index (χ0) is 9.97. The number of aryl methyl sites for hydroxylation is 1. The normalized spacial score (nSPS) is 18.8. The molecule has 2 nitrogen and oxygen atoms in total. The van der Waals surface area contributed by atoms with E-state index in [2.05, 4.69) is 11.1 Å². The van der Waals surface area contributed by atoms with Crippen molar-refractivity contribution < 1.29 is 4.79 Å². The van der Waals surface area contributed by atoms with Gasteiger partial charge in [-0.1, -0.05) is 23.7 Å². The summed E-state index contributed by atoms with van der Waals surface area (Å²) in [5, 5.41) is 0.797. The second-order valence-corrected chi connectivity index (χ2v) is 3.89. The Kier molecular flexibility index (Phi) is 2.67. The third kappa shape index (κ3) is 1.59. The average Bonchev–Trinajstić information content (AvgIpc) is 2.59. The van der Waals surface area contributed by atoms with Crippen LogP contribution in [0.25, 0.3) is 0 Å². The summed E-state index contributed by atoms with van der Waals surface area (Å²) in [6, 6.07) is 5.95. The molecule has 1 aliphatic carbocycles. The first-order valence-electron chi connectivity index (χ1n) is 4.64. The molecule has 0 saturated carbocycles. The Labute approximate surface area is 87.6 Å². The first-order valence-corrected chi connectivity index (χ1v) is 5.01. The van der Waals surface area contributed by atoms with Gasteiger partial charge in [0.05, 0.1) is 6.54 Å². The predicted molar refractivity (Wildman–Crippen MR) is 55.5 cm³/mol. The van der Waals surface area contributed by atoms with Gasteiger partial charge in [0.25, 0.3) is 0 Å². The molecule has 0 amide bonds. The molecule has 0 aliphatic heterocycles. The van der Waals surface area contributed by atoms with E-state index in [1.165, 1.54) is 11.1 Å². The molecule has 1 aromatic carbocycles. The molecule has 0 aromatic heterocycles. The van der Waals surface area contributed by atoms with Crippen molar-refractivity contribution in [2.45, 2.75) is 18.8 Å². The Morgan fingerprint density at radius 3 is 3.21 bits per heavy atom. The second kappa shape index (κ2) is 3.95. The van der Waals surface area contributed by atoms with E-state index in [1.54, 1.807) is 6.08 Å². The SMILES string of the molecule is O=C=NCC1CCc2cccc(Cl)c21. The number of carbonyl (C=O) groups excluding carboxylic acids is 1. The molecule has 0 N–H and O–H groups in total. The highest BCUT2D eigenvalue weighted by atomic mass is 35.5. The van der Waals surface area contributed by atoms with Crippen LogP contribution in [0.3, 0.4) is 0 Å². The fourth-order valence-corrected chi connectivity index (χ4v) is 2.41. The van der Waals surface area contributed by atoms with E-state index in [1.807, 2.05) is 12.1 Å². The molecule has 3 heteroatoms. The number of hydrogen-bond donors (Lipinski definition) is 0. The summed E-state index contributed by atoms with van der Waals surface area (Å²) >= 11 is 6.10. The van der Waals surface area contributed by atoms with Crippen molar-refractivity contribution in [2.75, 3.05) is 6.54 Å². The van der Waals surface area contributed by atoms with Gasteiger partial charge in [0.1, 0.15) is 0 Å². The van der Waals surface area contributed by atoms with Gasteiger partial charge in [0, 0.05) is 10.9 Å². The molecule has 0 bridgehead atoms. The van der Waals surface area contributed by atoms with Gasteiger partial charge in [0.15, 0.2) is 0 Å². The van der Waals surface area contributed by atoms with E-state index >= 15 is 0 Å². The zero-order valence-electron chi connectivity index (χ0n) is 7.66. The fraction of sp³-hybridized carbons (Fsp3) is 0.364. The lowest BCUT2D eigenvalue weighted by Gasteiger charge is -2.08. The van der Waals surface area contributed by atoms with E-state index < -0.39 is 0 Å². The summed E-state index contributed by atoms with van der Waals surface area (Å²) in [5.74, 6) is 0.306. The monoisotopic (exact) mass is 207 g/mol. The largest absolute Gasteiger partial charge is 0.234 e. The van der Waals surface area contributed by atoms with Crippen LogP contribution in [0.2, 0.25) is 5.02 Å². The molecular formula is C11H10ClNO. The lowest BCUT2D eigenvalue weighted by Crippen LogP contribution is -1.98. The minimum absolute atomic E-state index is 0.306. The molecule has 1 aliphatic rings. The molecule has 0 fully saturated rings. The van der Waals surface area contributed by atoms with Crippen molar-refractivity contribution >= 4 is 17.7 Å². The molecule has 1 aromatic rings. The van der Waals surface area contributed by atoms with Crippen molar-refractivity contribution in [1.82, 2.24) is 0 Å². The Hall–Kier alpha value is -1.11. The van der Waals surface area contributed by atoms with Crippen LogP contribution < -0.4 is 0 Å².